The highest BCUT2D eigenvalue weighted by molar-refractivity contribution is 7.17. The number of hydrogen-bond donors (Lipinski definition) is 2. The molecule has 2 N–H and O–H groups in total. The zero-order valence-corrected chi connectivity index (χ0v) is 9.49. The third-order valence-electron chi connectivity index (χ3n) is 2.52. The van der Waals surface area contributed by atoms with E-state index in [1.165, 1.54) is 17.7 Å². The van der Waals surface area contributed by atoms with E-state index in [1.54, 1.807) is 18.2 Å². The molecule has 0 radical (unpaired) electrons. The van der Waals surface area contributed by atoms with Crippen LogP contribution in [0.1, 0.15) is 0 Å². The number of hydrogen-bond acceptors (Lipinski definition) is 4. The molecule has 1 aromatic carbocycles. The molecule has 0 aliphatic heterocycles. The first-order valence-corrected chi connectivity index (χ1v) is 5.88. The fraction of sp³-hybridized carbons (Fsp3) is 0. The van der Waals surface area contributed by atoms with Gasteiger partial charge in [0, 0.05) is 10.9 Å². The molecule has 3 aromatic rings. The van der Waals surface area contributed by atoms with E-state index in [2.05, 4.69) is 9.97 Å². The third-order valence-corrected chi connectivity index (χ3v) is 3.49. The summed E-state index contributed by atoms with van der Waals surface area (Å²) in [5, 5.41) is 11.3. The highest BCUT2D eigenvalue weighted by Gasteiger charge is 2.10. The Morgan fingerprint density at radius 3 is 3.06 bits per heavy atom. The first kappa shape index (κ1) is 10.0. The summed E-state index contributed by atoms with van der Waals surface area (Å²) < 4.78 is 0.603. The summed E-state index contributed by atoms with van der Waals surface area (Å²) in [5.41, 5.74) is 2.26. The number of H-pyrrole nitrogens is 1. The van der Waals surface area contributed by atoms with Gasteiger partial charge in [0.2, 0.25) is 0 Å². The number of rotatable bonds is 1. The summed E-state index contributed by atoms with van der Waals surface area (Å²) in [5.74, 6) is 0.201. The van der Waals surface area contributed by atoms with Crippen molar-refractivity contribution in [3.05, 3.63) is 46.3 Å². The van der Waals surface area contributed by atoms with Crippen molar-refractivity contribution in [1.29, 1.82) is 0 Å². The average molecular weight is 244 g/mol. The average Bonchev–Trinajstić information content (AvgIpc) is 2.74. The summed E-state index contributed by atoms with van der Waals surface area (Å²) in [6.07, 6.45) is 1.39. The molecule has 5 heteroatoms. The number of thiophene rings is 1. The van der Waals surface area contributed by atoms with Gasteiger partial charge in [0.1, 0.15) is 10.4 Å². The van der Waals surface area contributed by atoms with Gasteiger partial charge >= 0.3 is 0 Å². The second kappa shape index (κ2) is 3.71. The monoisotopic (exact) mass is 244 g/mol. The Kier molecular flexibility index (Phi) is 2.19. The van der Waals surface area contributed by atoms with Crippen LogP contribution in [0.3, 0.4) is 0 Å². The number of phenolic OH excluding ortho intramolecular Hbond substituents is 1. The Morgan fingerprint density at radius 2 is 2.24 bits per heavy atom. The molecule has 3 rings (SSSR count). The zero-order valence-electron chi connectivity index (χ0n) is 8.68. The van der Waals surface area contributed by atoms with E-state index in [9.17, 15) is 9.90 Å². The molecule has 0 atom stereocenters. The number of nitrogens with zero attached hydrogens (tertiary/aromatic N) is 1. The summed E-state index contributed by atoms with van der Waals surface area (Å²) in [7, 11) is 0. The number of aromatic hydroxyl groups is 1. The van der Waals surface area contributed by atoms with Crippen molar-refractivity contribution in [2.75, 3.05) is 0 Å². The predicted octanol–water partition coefficient (Wildman–Crippen LogP) is 2.36. The Hall–Kier alpha value is -2.14. The van der Waals surface area contributed by atoms with Gasteiger partial charge in [-0.25, -0.2) is 4.98 Å². The van der Waals surface area contributed by atoms with Gasteiger partial charge in [-0.05, 0) is 17.7 Å². The van der Waals surface area contributed by atoms with E-state index in [0.717, 1.165) is 11.1 Å². The minimum Gasteiger partial charge on any atom is -0.508 e. The van der Waals surface area contributed by atoms with E-state index in [1.807, 2.05) is 11.4 Å². The number of benzene rings is 1. The normalized spacial score (nSPS) is 10.8. The predicted molar refractivity (Wildman–Crippen MR) is 67.3 cm³/mol. The van der Waals surface area contributed by atoms with Crippen molar-refractivity contribution in [3.63, 3.8) is 0 Å². The summed E-state index contributed by atoms with van der Waals surface area (Å²) in [6, 6.07) is 6.91. The van der Waals surface area contributed by atoms with E-state index in [-0.39, 0.29) is 11.3 Å². The largest absolute Gasteiger partial charge is 0.508 e. The van der Waals surface area contributed by atoms with Crippen LogP contribution >= 0.6 is 11.3 Å². The molecule has 0 unspecified atom stereocenters. The van der Waals surface area contributed by atoms with E-state index < -0.39 is 0 Å². The first-order chi connectivity index (χ1) is 8.25. The maximum Gasteiger partial charge on any atom is 0.268 e. The second-order valence-corrected chi connectivity index (χ2v) is 4.49. The quantitative estimate of drug-likeness (QED) is 0.690. The van der Waals surface area contributed by atoms with Crippen LogP contribution in [-0.4, -0.2) is 15.1 Å². The van der Waals surface area contributed by atoms with Crippen molar-refractivity contribution in [2.45, 2.75) is 0 Å². The van der Waals surface area contributed by atoms with Crippen molar-refractivity contribution in [2.24, 2.45) is 0 Å². The lowest BCUT2D eigenvalue weighted by Gasteiger charge is -1.99. The molecule has 0 saturated carbocycles. The molecule has 0 fully saturated rings. The second-order valence-electron chi connectivity index (χ2n) is 3.61. The van der Waals surface area contributed by atoms with Gasteiger partial charge in [0.15, 0.2) is 0 Å². The standard InChI is InChI=1S/C12H8N2O2S/c15-8-3-1-2-7(4-8)9-5-17-11-10(9)13-6-14-12(11)16/h1-6,15H,(H,13,14,16). The molecular weight excluding hydrogens is 236 g/mol. The Labute approximate surface area is 100 Å². The van der Waals surface area contributed by atoms with E-state index in [0.29, 0.717) is 10.2 Å². The first-order valence-electron chi connectivity index (χ1n) is 5.00. The molecule has 0 aliphatic carbocycles. The lowest BCUT2D eigenvalue weighted by atomic mass is 10.1. The van der Waals surface area contributed by atoms with Crippen LogP contribution in [0.25, 0.3) is 21.3 Å². The SMILES string of the molecule is O=c1[nH]cnc2c(-c3cccc(O)c3)csc12. The van der Waals surface area contributed by atoms with Gasteiger partial charge in [-0.3, -0.25) is 4.79 Å². The lowest BCUT2D eigenvalue weighted by Crippen LogP contribution is -2.03. The Bertz CT molecular complexity index is 745. The number of aromatic nitrogens is 2. The molecule has 0 spiro atoms. The van der Waals surface area contributed by atoms with Crippen LogP contribution in [0, 0.1) is 0 Å². The smallest absolute Gasteiger partial charge is 0.268 e. The Morgan fingerprint density at radius 1 is 1.35 bits per heavy atom. The molecule has 0 saturated heterocycles. The van der Waals surface area contributed by atoms with Gasteiger partial charge in [0.05, 0.1) is 11.8 Å². The number of fused-ring (bicyclic) bond motifs is 1. The Balaban J connectivity index is 2.32. The highest BCUT2D eigenvalue weighted by Crippen LogP contribution is 2.31. The van der Waals surface area contributed by atoms with Crippen molar-refractivity contribution < 1.29 is 5.11 Å². The summed E-state index contributed by atoms with van der Waals surface area (Å²) in [4.78, 5) is 18.3. The molecule has 4 nitrogen and oxygen atoms in total. The van der Waals surface area contributed by atoms with Crippen molar-refractivity contribution >= 4 is 21.6 Å². The maximum absolute atomic E-state index is 11.6. The minimum absolute atomic E-state index is 0.133. The molecule has 0 amide bonds. The number of phenols is 1. The fourth-order valence-electron chi connectivity index (χ4n) is 1.74. The summed E-state index contributed by atoms with van der Waals surface area (Å²) in [6.45, 7) is 0. The minimum atomic E-state index is -0.133. The molecule has 2 aromatic heterocycles. The highest BCUT2D eigenvalue weighted by atomic mass is 32.1. The fourth-order valence-corrected chi connectivity index (χ4v) is 2.66. The zero-order chi connectivity index (χ0) is 11.8. The van der Waals surface area contributed by atoms with Gasteiger partial charge in [-0.1, -0.05) is 12.1 Å². The van der Waals surface area contributed by atoms with Crippen LogP contribution in [0.5, 0.6) is 5.75 Å². The van der Waals surface area contributed by atoms with Gasteiger partial charge < -0.3 is 10.1 Å². The van der Waals surface area contributed by atoms with E-state index >= 15 is 0 Å². The molecule has 0 aliphatic rings. The number of aromatic amines is 1. The van der Waals surface area contributed by atoms with Crippen LogP contribution in [0.2, 0.25) is 0 Å². The van der Waals surface area contributed by atoms with Crippen molar-refractivity contribution in [1.82, 2.24) is 9.97 Å². The van der Waals surface area contributed by atoms with Crippen molar-refractivity contribution in [3.8, 4) is 16.9 Å². The van der Waals surface area contributed by atoms with Crippen LogP contribution in [0.4, 0.5) is 0 Å². The number of nitrogens with one attached hydrogen (secondary N) is 1. The molecule has 2 heterocycles. The maximum atomic E-state index is 11.6. The lowest BCUT2D eigenvalue weighted by molar-refractivity contribution is 0.475. The molecule has 84 valence electrons. The van der Waals surface area contributed by atoms with Crippen LogP contribution in [0.15, 0.2) is 40.8 Å². The molecular formula is C12H8N2O2S. The van der Waals surface area contributed by atoms with Crippen LogP contribution in [-0.2, 0) is 0 Å². The van der Waals surface area contributed by atoms with Gasteiger partial charge in [-0.2, -0.15) is 0 Å². The van der Waals surface area contributed by atoms with Gasteiger partial charge in [-0.15, -0.1) is 11.3 Å². The molecule has 0 bridgehead atoms. The topological polar surface area (TPSA) is 66.0 Å². The summed E-state index contributed by atoms with van der Waals surface area (Å²) >= 11 is 1.35. The third kappa shape index (κ3) is 1.60. The van der Waals surface area contributed by atoms with E-state index in [4.69, 9.17) is 0 Å². The van der Waals surface area contributed by atoms with Crippen LogP contribution < -0.4 is 5.56 Å². The van der Waals surface area contributed by atoms with Gasteiger partial charge in [0.25, 0.3) is 5.56 Å². The molecule has 17 heavy (non-hydrogen) atoms.